The largest absolute Gasteiger partial charge is 0.425 e. The average molecular weight is 408 g/mol. The summed E-state index contributed by atoms with van der Waals surface area (Å²) < 4.78 is 5.72. The molecule has 0 N–H and O–H groups in total. The summed E-state index contributed by atoms with van der Waals surface area (Å²) in [6.07, 6.45) is 1.57. The van der Waals surface area contributed by atoms with Gasteiger partial charge in [0.1, 0.15) is 11.4 Å². The first-order valence-electron chi connectivity index (χ1n) is 9.41. The molecule has 1 unspecified atom stereocenters. The number of para-hydroxylation sites is 1. The maximum absolute atomic E-state index is 13.0. The summed E-state index contributed by atoms with van der Waals surface area (Å²) in [5.74, 6) is -0.942. The summed E-state index contributed by atoms with van der Waals surface area (Å²) in [4.78, 5) is 30.2. The van der Waals surface area contributed by atoms with Crippen molar-refractivity contribution in [2.45, 2.75) is 26.7 Å². The molecule has 0 fully saturated rings. The first-order valence-corrected chi connectivity index (χ1v) is 9.78. The molecule has 0 bridgehead atoms. The second-order valence-electron chi connectivity index (χ2n) is 7.19. The Kier molecular flexibility index (Phi) is 6.45. The van der Waals surface area contributed by atoms with Crippen LogP contribution in [0.15, 0.2) is 66.9 Å². The van der Waals surface area contributed by atoms with E-state index < -0.39 is 11.9 Å². The van der Waals surface area contributed by atoms with Gasteiger partial charge in [0.15, 0.2) is 0 Å². The van der Waals surface area contributed by atoms with Gasteiger partial charge in [-0.25, -0.2) is 0 Å². The number of aromatic nitrogens is 1. The Morgan fingerprint density at radius 2 is 1.66 bits per heavy atom. The van der Waals surface area contributed by atoms with E-state index in [1.54, 1.807) is 48.7 Å². The summed E-state index contributed by atoms with van der Waals surface area (Å²) in [5.41, 5.74) is 2.23. The molecule has 3 rings (SSSR count). The fourth-order valence-electron chi connectivity index (χ4n) is 3.23. The monoisotopic (exact) mass is 407 g/mol. The zero-order valence-corrected chi connectivity index (χ0v) is 17.3. The molecule has 0 aliphatic rings. The molecular formula is C24H22ClNO3. The molecule has 1 heterocycles. The second-order valence-corrected chi connectivity index (χ2v) is 7.62. The third kappa shape index (κ3) is 4.72. The molecular weight excluding hydrogens is 386 g/mol. The highest BCUT2D eigenvalue weighted by Gasteiger charge is 2.28. The predicted molar refractivity (Wildman–Crippen MR) is 114 cm³/mol. The van der Waals surface area contributed by atoms with Gasteiger partial charge in [-0.1, -0.05) is 55.8 Å². The lowest BCUT2D eigenvalue weighted by molar-refractivity contribution is -0.137. The van der Waals surface area contributed by atoms with Crippen LogP contribution in [0, 0.1) is 12.8 Å². The summed E-state index contributed by atoms with van der Waals surface area (Å²) in [7, 11) is 0. The van der Waals surface area contributed by atoms with E-state index in [1.165, 1.54) is 0 Å². The Morgan fingerprint density at radius 3 is 2.31 bits per heavy atom. The molecule has 29 heavy (non-hydrogen) atoms. The summed E-state index contributed by atoms with van der Waals surface area (Å²) in [5, 5.41) is 0.603. The number of carbonyl (C=O) groups is 2. The number of carbonyl (C=O) groups excluding carboxylic acids is 2. The van der Waals surface area contributed by atoms with Crippen LogP contribution in [0.2, 0.25) is 5.02 Å². The van der Waals surface area contributed by atoms with Crippen molar-refractivity contribution in [2.24, 2.45) is 5.92 Å². The van der Waals surface area contributed by atoms with Crippen molar-refractivity contribution in [1.82, 2.24) is 4.98 Å². The van der Waals surface area contributed by atoms with Crippen LogP contribution in [-0.4, -0.2) is 16.7 Å². The first kappa shape index (κ1) is 20.7. The van der Waals surface area contributed by atoms with Gasteiger partial charge in [0.2, 0.25) is 5.78 Å². The second kappa shape index (κ2) is 9.01. The Balaban J connectivity index is 1.92. The fourth-order valence-corrected chi connectivity index (χ4v) is 3.36. The third-order valence-corrected chi connectivity index (χ3v) is 4.97. The van der Waals surface area contributed by atoms with Crippen molar-refractivity contribution in [2.75, 3.05) is 0 Å². The smallest absolute Gasteiger partial charge is 0.319 e. The van der Waals surface area contributed by atoms with Gasteiger partial charge in [-0.2, -0.15) is 0 Å². The van der Waals surface area contributed by atoms with Crippen LogP contribution in [0.5, 0.6) is 5.75 Å². The lowest BCUT2D eigenvalue weighted by atomic mass is 9.88. The standard InChI is InChI=1S/C24H22ClNO3/c1-15(2)21(17-10-12-18(25)13-11-17)24(28)29-20-9-5-4-8-19(20)23(27)22-16(3)7-6-14-26-22/h4-15,21H,1-3H3. The molecule has 0 radical (unpaired) electrons. The normalized spacial score (nSPS) is 11.9. The number of ether oxygens (including phenoxy) is 1. The van der Waals surface area contributed by atoms with Crippen LogP contribution < -0.4 is 4.74 Å². The number of benzene rings is 2. The van der Waals surface area contributed by atoms with Gasteiger partial charge in [0.25, 0.3) is 0 Å². The van der Waals surface area contributed by atoms with Crippen LogP contribution >= 0.6 is 11.6 Å². The molecule has 0 aliphatic heterocycles. The number of pyridine rings is 1. The predicted octanol–water partition coefficient (Wildman–Crippen LogP) is 5.62. The van der Waals surface area contributed by atoms with E-state index in [-0.39, 0.29) is 17.5 Å². The number of rotatable bonds is 6. The number of nitrogens with zero attached hydrogens (tertiary/aromatic N) is 1. The lowest BCUT2D eigenvalue weighted by Gasteiger charge is -2.20. The lowest BCUT2D eigenvalue weighted by Crippen LogP contribution is -2.24. The van der Waals surface area contributed by atoms with Crippen LogP contribution in [0.4, 0.5) is 0 Å². The number of ketones is 1. The Bertz CT molecular complexity index is 1030. The van der Waals surface area contributed by atoms with Crippen molar-refractivity contribution >= 4 is 23.4 Å². The summed E-state index contributed by atoms with van der Waals surface area (Å²) in [6, 6.07) is 17.5. The molecule has 2 aromatic carbocycles. The number of aryl methyl sites for hydroxylation is 1. The van der Waals surface area contributed by atoms with Crippen LogP contribution in [-0.2, 0) is 4.79 Å². The minimum absolute atomic E-state index is 0.00423. The van der Waals surface area contributed by atoms with Gasteiger partial charge in [-0.3, -0.25) is 14.6 Å². The molecule has 0 saturated carbocycles. The van der Waals surface area contributed by atoms with Gasteiger partial charge < -0.3 is 4.74 Å². The van der Waals surface area contributed by atoms with Crippen LogP contribution in [0.3, 0.4) is 0 Å². The van der Waals surface area contributed by atoms with Gasteiger partial charge in [0, 0.05) is 11.2 Å². The minimum Gasteiger partial charge on any atom is -0.425 e. The molecule has 0 amide bonds. The highest BCUT2D eigenvalue weighted by Crippen LogP contribution is 2.30. The number of esters is 1. The summed E-state index contributed by atoms with van der Waals surface area (Å²) in [6.45, 7) is 5.73. The molecule has 0 saturated heterocycles. The molecule has 3 aromatic rings. The van der Waals surface area contributed by atoms with Crippen LogP contribution in [0.25, 0.3) is 0 Å². The zero-order chi connectivity index (χ0) is 21.0. The van der Waals surface area contributed by atoms with E-state index in [0.29, 0.717) is 16.3 Å². The highest BCUT2D eigenvalue weighted by molar-refractivity contribution is 6.30. The van der Waals surface area contributed by atoms with Crippen LogP contribution in [0.1, 0.15) is 46.9 Å². The molecule has 0 aliphatic carbocycles. The molecule has 0 spiro atoms. The van der Waals surface area contributed by atoms with E-state index in [9.17, 15) is 9.59 Å². The van der Waals surface area contributed by atoms with E-state index in [4.69, 9.17) is 16.3 Å². The molecule has 4 nitrogen and oxygen atoms in total. The van der Waals surface area contributed by atoms with Gasteiger partial charge in [-0.15, -0.1) is 0 Å². The fraction of sp³-hybridized carbons (Fsp3) is 0.208. The SMILES string of the molecule is Cc1cccnc1C(=O)c1ccccc1OC(=O)C(c1ccc(Cl)cc1)C(C)C. The molecule has 1 atom stereocenters. The average Bonchev–Trinajstić information content (AvgIpc) is 2.70. The summed E-state index contributed by atoms with van der Waals surface area (Å²) >= 11 is 5.97. The zero-order valence-electron chi connectivity index (χ0n) is 16.6. The van der Waals surface area contributed by atoms with Crippen molar-refractivity contribution in [3.8, 4) is 5.75 Å². The van der Waals surface area contributed by atoms with Crippen molar-refractivity contribution in [1.29, 1.82) is 0 Å². The number of halogens is 1. The van der Waals surface area contributed by atoms with Gasteiger partial charge in [0.05, 0.1) is 11.5 Å². The Morgan fingerprint density at radius 1 is 0.966 bits per heavy atom. The molecule has 1 aromatic heterocycles. The van der Waals surface area contributed by atoms with Crippen molar-refractivity contribution < 1.29 is 14.3 Å². The van der Waals surface area contributed by atoms with E-state index in [0.717, 1.165) is 11.1 Å². The van der Waals surface area contributed by atoms with E-state index >= 15 is 0 Å². The van der Waals surface area contributed by atoms with Crippen molar-refractivity contribution in [3.05, 3.63) is 94.3 Å². The maximum Gasteiger partial charge on any atom is 0.319 e. The van der Waals surface area contributed by atoms with E-state index in [2.05, 4.69) is 4.98 Å². The quantitative estimate of drug-likeness (QED) is 0.302. The Labute approximate surface area is 175 Å². The minimum atomic E-state index is -0.480. The van der Waals surface area contributed by atoms with Gasteiger partial charge in [-0.05, 0) is 54.3 Å². The van der Waals surface area contributed by atoms with Gasteiger partial charge >= 0.3 is 5.97 Å². The molecule has 148 valence electrons. The molecule has 5 heteroatoms. The first-order chi connectivity index (χ1) is 13.9. The highest BCUT2D eigenvalue weighted by atomic mass is 35.5. The van der Waals surface area contributed by atoms with Crippen molar-refractivity contribution in [3.63, 3.8) is 0 Å². The third-order valence-electron chi connectivity index (χ3n) is 4.72. The maximum atomic E-state index is 13.0. The topological polar surface area (TPSA) is 56.3 Å². The Hall–Kier alpha value is -2.98. The number of hydrogen-bond donors (Lipinski definition) is 0. The number of hydrogen-bond acceptors (Lipinski definition) is 4. The van der Waals surface area contributed by atoms with E-state index in [1.807, 2.05) is 39.0 Å².